The highest BCUT2D eigenvalue weighted by Crippen LogP contribution is 2.32. The number of rotatable bonds is 6. The van der Waals surface area contributed by atoms with E-state index in [9.17, 15) is 0 Å². The molecule has 2 nitrogen and oxygen atoms in total. The van der Waals surface area contributed by atoms with Crippen LogP contribution >= 0.6 is 0 Å². The van der Waals surface area contributed by atoms with Crippen molar-refractivity contribution >= 4 is 11.6 Å². The Hall–Kier alpha value is -3.65. The molecule has 30 heavy (non-hydrogen) atoms. The van der Waals surface area contributed by atoms with Crippen LogP contribution in [0.1, 0.15) is 24.7 Å². The second kappa shape index (κ2) is 9.23. The first-order chi connectivity index (χ1) is 14.8. The van der Waals surface area contributed by atoms with Crippen LogP contribution in [0, 0.1) is 0 Å². The van der Waals surface area contributed by atoms with Gasteiger partial charge in [-0.15, -0.1) is 0 Å². The normalized spacial score (nSPS) is 11.3. The molecule has 0 spiro atoms. The molecule has 0 unspecified atom stereocenters. The highest BCUT2D eigenvalue weighted by Gasteiger charge is 2.21. The van der Waals surface area contributed by atoms with Gasteiger partial charge >= 0.3 is 11.5 Å². The summed E-state index contributed by atoms with van der Waals surface area (Å²) in [5.74, 6) is 2.60. The molecule has 0 aliphatic rings. The summed E-state index contributed by atoms with van der Waals surface area (Å²) in [5, 5.41) is 0. The number of hydrogen-bond donors (Lipinski definition) is 0. The molecule has 0 aliphatic heterocycles. The lowest BCUT2D eigenvalue weighted by atomic mass is 10.00. The lowest BCUT2D eigenvalue weighted by molar-refractivity contribution is 0.415. The summed E-state index contributed by atoms with van der Waals surface area (Å²) in [7, 11) is 1.68. The van der Waals surface area contributed by atoms with Crippen LogP contribution in [0.25, 0.3) is 34.1 Å². The van der Waals surface area contributed by atoms with Crippen molar-refractivity contribution in [1.82, 2.24) is 0 Å². The topological polar surface area (TPSA) is 20.5 Å². The van der Waals surface area contributed by atoms with Gasteiger partial charge in [-0.05, 0) is 47.9 Å². The fourth-order valence-corrected chi connectivity index (χ4v) is 3.45. The van der Waals surface area contributed by atoms with Gasteiger partial charge in [0.1, 0.15) is 5.75 Å². The fraction of sp³-hybridized carbons (Fsp3) is 0.107. The van der Waals surface area contributed by atoms with E-state index in [2.05, 4.69) is 73.7 Å². The van der Waals surface area contributed by atoms with Crippen LogP contribution in [-0.2, 0) is 0 Å². The first-order valence-electron chi connectivity index (χ1n) is 10.2. The molecule has 0 N–H and O–H groups in total. The zero-order valence-electron chi connectivity index (χ0n) is 17.3. The third kappa shape index (κ3) is 4.49. The summed E-state index contributed by atoms with van der Waals surface area (Å²) >= 11 is 0. The third-order valence-corrected chi connectivity index (χ3v) is 5.11. The molecule has 1 heterocycles. The van der Waals surface area contributed by atoms with E-state index in [0.717, 1.165) is 46.0 Å². The lowest BCUT2D eigenvalue weighted by Crippen LogP contribution is -1.89. The van der Waals surface area contributed by atoms with Crippen molar-refractivity contribution in [3.8, 4) is 28.2 Å². The number of allylic oxidation sites excluding steroid dienone is 1. The zero-order valence-corrected chi connectivity index (χ0v) is 17.3. The molecule has 4 rings (SSSR count). The number of ether oxygens (including phenoxy) is 1. The largest absolute Gasteiger partial charge is 0.497 e. The summed E-state index contributed by atoms with van der Waals surface area (Å²) in [6.07, 6.45) is 3.05. The average molecular weight is 394 g/mol. The minimum atomic E-state index is 0.854. The molecule has 2 heteroatoms. The molecule has 0 saturated heterocycles. The van der Waals surface area contributed by atoms with Crippen molar-refractivity contribution in [2.75, 3.05) is 7.11 Å². The molecule has 0 saturated carbocycles. The monoisotopic (exact) mass is 393 g/mol. The second-order valence-electron chi connectivity index (χ2n) is 7.10. The smallest absolute Gasteiger partial charge is 0.361 e. The van der Waals surface area contributed by atoms with Crippen LogP contribution in [0.5, 0.6) is 5.75 Å². The van der Waals surface area contributed by atoms with Crippen LogP contribution in [0.2, 0.25) is 0 Å². The van der Waals surface area contributed by atoms with Crippen molar-refractivity contribution in [2.45, 2.75) is 13.3 Å². The van der Waals surface area contributed by atoms with Crippen molar-refractivity contribution in [1.29, 1.82) is 0 Å². The van der Waals surface area contributed by atoms with Gasteiger partial charge in [-0.1, -0.05) is 67.6 Å². The highest BCUT2D eigenvalue weighted by molar-refractivity contribution is 5.82. The van der Waals surface area contributed by atoms with Crippen LogP contribution < -0.4 is 4.74 Å². The molecule has 0 bridgehead atoms. The summed E-state index contributed by atoms with van der Waals surface area (Å²) in [4.78, 5) is 0. The van der Waals surface area contributed by atoms with Gasteiger partial charge in [0.05, 0.1) is 30.4 Å². The van der Waals surface area contributed by atoms with Gasteiger partial charge in [0, 0.05) is 5.56 Å². The van der Waals surface area contributed by atoms with Gasteiger partial charge in [-0.25, -0.2) is 4.42 Å². The minimum absolute atomic E-state index is 0.854. The van der Waals surface area contributed by atoms with E-state index in [1.165, 1.54) is 5.56 Å². The van der Waals surface area contributed by atoms with Gasteiger partial charge in [-0.3, -0.25) is 0 Å². The van der Waals surface area contributed by atoms with Crippen LogP contribution in [0.4, 0.5) is 0 Å². The molecule has 4 aromatic rings. The van der Waals surface area contributed by atoms with E-state index in [-0.39, 0.29) is 0 Å². The van der Waals surface area contributed by atoms with Crippen LogP contribution in [0.15, 0.2) is 101 Å². The number of methoxy groups -OCH3 is 1. The van der Waals surface area contributed by atoms with Crippen molar-refractivity contribution in [3.63, 3.8) is 0 Å². The Morgan fingerprint density at radius 1 is 0.767 bits per heavy atom. The Morgan fingerprint density at radius 2 is 1.40 bits per heavy atom. The van der Waals surface area contributed by atoms with E-state index in [1.54, 1.807) is 7.11 Å². The quantitative estimate of drug-likeness (QED) is 0.311. The predicted molar refractivity (Wildman–Crippen MR) is 125 cm³/mol. The summed E-state index contributed by atoms with van der Waals surface area (Å²) in [5.41, 5.74) is 5.65. The fourth-order valence-electron chi connectivity index (χ4n) is 3.45. The highest BCUT2D eigenvalue weighted by atomic mass is 16.5. The Morgan fingerprint density at radius 3 is 2.00 bits per heavy atom. The molecule has 0 aliphatic carbocycles. The van der Waals surface area contributed by atoms with E-state index in [1.807, 2.05) is 36.4 Å². The van der Waals surface area contributed by atoms with Crippen molar-refractivity contribution in [3.05, 3.63) is 108 Å². The van der Waals surface area contributed by atoms with Crippen molar-refractivity contribution in [2.24, 2.45) is 0 Å². The van der Waals surface area contributed by atoms with Crippen molar-refractivity contribution < 1.29 is 9.15 Å². The maximum atomic E-state index is 6.40. The first kappa shape index (κ1) is 19.7. The van der Waals surface area contributed by atoms with Crippen LogP contribution in [0.3, 0.4) is 0 Å². The predicted octanol–water partition coefficient (Wildman–Crippen LogP) is 7.85. The summed E-state index contributed by atoms with van der Waals surface area (Å²) in [6, 6.07) is 33.0. The van der Waals surface area contributed by atoms with Gasteiger partial charge < -0.3 is 4.74 Å². The second-order valence-corrected chi connectivity index (χ2v) is 7.10. The van der Waals surface area contributed by atoms with E-state index in [0.29, 0.717) is 0 Å². The standard InChI is InChI=1S/C28H25O2/c1-3-22(18-21-14-16-26(29-2)17-15-21)27-19-25(23-10-6-4-7-11-23)20-28(30-27)24-12-8-5-9-13-24/h4-20H,3H2,1-2H3/q+1. The van der Waals surface area contributed by atoms with Gasteiger partial charge in [0.25, 0.3) is 0 Å². The maximum Gasteiger partial charge on any atom is 0.361 e. The molecule has 148 valence electrons. The minimum Gasteiger partial charge on any atom is -0.497 e. The molecule has 1 aromatic heterocycles. The first-order valence-corrected chi connectivity index (χ1v) is 10.2. The summed E-state index contributed by atoms with van der Waals surface area (Å²) < 4.78 is 11.7. The Bertz CT molecular complexity index is 1070. The zero-order chi connectivity index (χ0) is 20.8. The van der Waals surface area contributed by atoms with E-state index in [4.69, 9.17) is 9.15 Å². The Kier molecular flexibility index (Phi) is 6.05. The molecule has 0 fully saturated rings. The van der Waals surface area contributed by atoms with E-state index < -0.39 is 0 Å². The molecular weight excluding hydrogens is 368 g/mol. The Labute approximate surface area is 178 Å². The van der Waals surface area contributed by atoms with Gasteiger partial charge in [0.2, 0.25) is 0 Å². The Balaban J connectivity index is 1.83. The number of hydrogen-bond acceptors (Lipinski definition) is 1. The molecular formula is C28H25O2+. The summed E-state index contributed by atoms with van der Waals surface area (Å²) in [6.45, 7) is 2.16. The molecule has 0 amide bonds. The SMILES string of the molecule is CCC(=Cc1ccc(OC)cc1)c1cc(-c2ccccc2)cc(-c2ccccc2)[o+]1. The van der Waals surface area contributed by atoms with Crippen LogP contribution in [-0.4, -0.2) is 7.11 Å². The molecule has 0 atom stereocenters. The van der Waals surface area contributed by atoms with Gasteiger partial charge in [-0.2, -0.15) is 0 Å². The van der Waals surface area contributed by atoms with Gasteiger partial charge in [0.15, 0.2) is 0 Å². The number of benzene rings is 3. The molecule has 0 radical (unpaired) electrons. The third-order valence-electron chi connectivity index (χ3n) is 5.11. The maximum absolute atomic E-state index is 6.40. The average Bonchev–Trinajstić information content (AvgIpc) is 2.83. The van der Waals surface area contributed by atoms with E-state index >= 15 is 0 Å². The lowest BCUT2D eigenvalue weighted by Gasteiger charge is -2.04. The molecule has 3 aromatic carbocycles.